The molecule has 1 aliphatic heterocycles. The fraction of sp³-hybridized carbons (Fsp3) is 1.00. The first-order valence-electron chi connectivity index (χ1n) is 5.73. The molecule has 0 radical (unpaired) electrons. The maximum Gasteiger partial charge on any atom is 0.0284 e. The van der Waals surface area contributed by atoms with Crippen molar-refractivity contribution in [1.29, 1.82) is 0 Å². The summed E-state index contributed by atoms with van der Waals surface area (Å²) in [4.78, 5) is 2.61. The van der Waals surface area contributed by atoms with Crippen LogP contribution in [0.2, 0.25) is 0 Å². The molecule has 0 aromatic carbocycles. The molecule has 0 spiro atoms. The van der Waals surface area contributed by atoms with Gasteiger partial charge in [0.05, 0.1) is 0 Å². The Balaban J connectivity index is 1.87. The van der Waals surface area contributed by atoms with Crippen LogP contribution in [0, 0.1) is 0 Å². The number of likely N-dealkylation sites (tertiary alicyclic amines) is 1. The predicted molar refractivity (Wildman–Crippen MR) is 55.7 cm³/mol. The van der Waals surface area contributed by atoms with Crippen LogP contribution in [-0.4, -0.2) is 29.6 Å². The summed E-state index contributed by atoms with van der Waals surface area (Å²) in [5.74, 6) is 0. The van der Waals surface area contributed by atoms with E-state index in [1.54, 1.807) is 0 Å². The molecule has 0 aromatic rings. The van der Waals surface area contributed by atoms with E-state index >= 15 is 0 Å². The van der Waals surface area contributed by atoms with Gasteiger partial charge >= 0.3 is 0 Å². The van der Waals surface area contributed by atoms with Crippen LogP contribution < -0.4 is 5.73 Å². The molecule has 2 heteroatoms. The highest BCUT2D eigenvalue weighted by atomic mass is 15.2. The van der Waals surface area contributed by atoms with Gasteiger partial charge in [0.1, 0.15) is 0 Å². The maximum atomic E-state index is 6.15. The summed E-state index contributed by atoms with van der Waals surface area (Å²) in [6.45, 7) is 4.78. The van der Waals surface area contributed by atoms with E-state index in [0.29, 0.717) is 0 Å². The first-order valence-corrected chi connectivity index (χ1v) is 5.73. The van der Waals surface area contributed by atoms with E-state index in [4.69, 9.17) is 5.73 Å². The Morgan fingerprint density at radius 3 is 2.77 bits per heavy atom. The smallest absolute Gasteiger partial charge is 0.0284 e. The summed E-state index contributed by atoms with van der Waals surface area (Å²) in [6.07, 6.45) is 8.07. The van der Waals surface area contributed by atoms with Crippen LogP contribution in [0.15, 0.2) is 0 Å². The lowest BCUT2D eigenvalue weighted by Crippen LogP contribution is -2.43. The van der Waals surface area contributed by atoms with Crippen molar-refractivity contribution < 1.29 is 0 Å². The Kier molecular flexibility index (Phi) is 2.61. The van der Waals surface area contributed by atoms with Crippen LogP contribution in [0.5, 0.6) is 0 Å². The highest BCUT2D eigenvalue weighted by Crippen LogP contribution is 2.34. The van der Waals surface area contributed by atoms with Gasteiger partial charge in [-0.1, -0.05) is 12.8 Å². The van der Waals surface area contributed by atoms with Crippen LogP contribution in [0.4, 0.5) is 0 Å². The Hall–Kier alpha value is -0.0800. The van der Waals surface area contributed by atoms with E-state index in [9.17, 15) is 0 Å². The number of nitrogens with two attached hydrogens (primary N) is 1. The first kappa shape index (κ1) is 9.47. The predicted octanol–water partition coefficient (Wildman–Crippen LogP) is 1.74. The lowest BCUT2D eigenvalue weighted by molar-refractivity contribution is 0.195. The van der Waals surface area contributed by atoms with Crippen LogP contribution in [0.25, 0.3) is 0 Å². The molecule has 1 unspecified atom stereocenters. The third kappa shape index (κ3) is 2.44. The Morgan fingerprint density at radius 1 is 1.31 bits per heavy atom. The Bertz CT molecular complexity index is 175. The zero-order valence-electron chi connectivity index (χ0n) is 8.76. The molecule has 0 amide bonds. The maximum absolute atomic E-state index is 6.15. The van der Waals surface area contributed by atoms with Gasteiger partial charge in [0.25, 0.3) is 0 Å². The van der Waals surface area contributed by atoms with Gasteiger partial charge in [-0.25, -0.2) is 0 Å². The molecule has 0 bridgehead atoms. The molecule has 2 N–H and O–H groups in total. The molecule has 13 heavy (non-hydrogen) atoms. The minimum Gasteiger partial charge on any atom is -0.324 e. The van der Waals surface area contributed by atoms with Crippen molar-refractivity contribution in [1.82, 2.24) is 4.90 Å². The SMILES string of the molecule is CC1CCCCCN1CC1(N)CC1. The summed E-state index contributed by atoms with van der Waals surface area (Å²) in [7, 11) is 0. The highest BCUT2D eigenvalue weighted by molar-refractivity contribution is 5.01. The molecule has 2 fully saturated rings. The molecule has 2 rings (SSSR count). The number of nitrogens with zero attached hydrogens (tertiary/aromatic N) is 1. The first-order chi connectivity index (χ1) is 6.20. The zero-order chi connectivity index (χ0) is 9.31. The van der Waals surface area contributed by atoms with Crippen molar-refractivity contribution >= 4 is 0 Å². The second-order valence-corrected chi connectivity index (χ2v) is 5.03. The van der Waals surface area contributed by atoms with Gasteiger partial charge in [-0.05, 0) is 39.2 Å². The van der Waals surface area contributed by atoms with Crippen LogP contribution in [0.1, 0.15) is 45.4 Å². The molecule has 2 nitrogen and oxygen atoms in total. The average molecular weight is 182 g/mol. The van der Waals surface area contributed by atoms with Gasteiger partial charge in [-0.2, -0.15) is 0 Å². The minimum atomic E-state index is 0.207. The van der Waals surface area contributed by atoms with Crippen molar-refractivity contribution in [2.45, 2.75) is 57.0 Å². The summed E-state index contributed by atoms with van der Waals surface area (Å²) < 4.78 is 0. The van der Waals surface area contributed by atoms with E-state index < -0.39 is 0 Å². The molecule has 1 atom stereocenters. The molecular formula is C11H22N2. The summed E-state index contributed by atoms with van der Waals surface area (Å²) in [6, 6.07) is 0.767. The van der Waals surface area contributed by atoms with Crippen molar-refractivity contribution in [3.63, 3.8) is 0 Å². The summed E-state index contributed by atoms with van der Waals surface area (Å²) in [5.41, 5.74) is 6.36. The van der Waals surface area contributed by atoms with E-state index in [1.807, 2.05) is 0 Å². The molecule has 0 aromatic heterocycles. The molecule has 1 aliphatic carbocycles. The Labute approximate surface area is 81.5 Å². The quantitative estimate of drug-likeness (QED) is 0.705. The topological polar surface area (TPSA) is 29.3 Å². The number of rotatable bonds is 2. The standard InChI is InChI=1S/C11H22N2/c1-10-5-3-2-4-8-13(10)9-11(12)6-7-11/h10H,2-9,12H2,1H3. The molecule has 2 aliphatic rings. The molecule has 76 valence electrons. The van der Waals surface area contributed by atoms with Gasteiger partial charge in [0.15, 0.2) is 0 Å². The van der Waals surface area contributed by atoms with Gasteiger partial charge in [-0.3, -0.25) is 4.90 Å². The lowest BCUT2D eigenvalue weighted by Gasteiger charge is -2.29. The fourth-order valence-electron chi connectivity index (χ4n) is 2.29. The number of hydrogen-bond donors (Lipinski definition) is 1. The van der Waals surface area contributed by atoms with Crippen LogP contribution in [-0.2, 0) is 0 Å². The van der Waals surface area contributed by atoms with Crippen molar-refractivity contribution in [3.05, 3.63) is 0 Å². The van der Waals surface area contributed by atoms with E-state index in [-0.39, 0.29) is 5.54 Å². The van der Waals surface area contributed by atoms with E-state index in [1.165, 1.54) is 45.1 Å². The van der Waals surface area contributed by atoms with Crippen molar-refractivity contribution in [3.8, 4) is 0 Å². The van der Waals surface area contributed by atoms with Gasteiger partial charge < -0.3 is 5.73 Å². The third-order valence-electron chi connectivity index (χ3n) is 3.60. The summed E-state index contributed by atoms with van der Waals surface area (Å²) >= 11 is 0. The molecular weight excluding hydrogens is 160 g/mol. The average Bonchev–Trinajstić information content (AvgIpc) is 2.82. The Morgan fingerprint density at radius 2 is 2.08 bits per heavy atom. The number of hydrogen-bond acceptors (Lipinski definition) is 2. The molecule has 1 heterocycles. The largest absolute Gasteiger partial charge is 0.324 e. The van der Waals surface area contributed by atoms with Crippen molar-refractivity contribution in [2.24, 2.45) is 5.73 Å². The monoisotopic (exact) mass is 182 g/mol. The lowest BCUT2D eigenvalue weighted by atomic mass is 10.1. The summed E-state index contributed by atoms with van der Waals surface area (Å²) in [5, 5.41) is 0. The fourth-order valence-corrected chi connectivity index (χ4v) is 2.29. The van der Waals surface area contributed by atoms with Crippen LogP contribution >= 0.6 is 0 Å². The van der Waals surface area contributed by atoms with Crippen LogP contribution in [0.3, 0.4) is 0 Å². The van der Waals surface area contributed by atoms with Gasteiger partial charge in [0, 0.05) is 18.1 Å². The molecule has 1 saturated heterocycles. The normalized spacial score (nSPS) is 34.2. The minimum absolute atomic E-state index is 0.207. The van der Waals surface area contributed by atoms with E-state index in [0.717, 1.165) is 12.6 Å². The second kappa shape index (κ2) is 3.58. The van der Waals surface area contributed by atoms with Gasteiger partial charge in [-0.15, -0.1) is 0 Å². The van der Waals surface area contributed by atoms with E-state index in [2.05, 4.69) is 11.8 Å². The highest BCUT2D eigenvalue weighted by Gasteiger charge is 2.40. The third-order valence-corrected chi connectivity index (χ3v) is 3.60. The molecule has 1 saturated carbocycles. The van der Waals surface area contributed by atoms with Crippen molar-refractivity contribution in [2.75, 3.05) is 13.1 Å². The zero-order valence-corrected chi connectivity index (χ0v) is 8.76. The van der Waals surface area contributed by atoms with Gasteiger partial charge in [0.2, 0.25) is 0 Å². The second-order valence-electron chi connectivity index (χ2n) is 5.03.